The summed E-state index contributed by atoms with van der Waals surface area (Å²) in [5, 5.41) is 5.94. The second-order valence-electron chi connectivity index (χ2n) is 5.07. The van der Waals surface area contributed by atoms with E-state index in [1.807, 2.05) is 11.3 Å². The topological polar surface area (TPSA) is 38.0 Å². The predicted molar refractivity (Wildman–Crippen MR) is 78.1 cm³/mol. The van der Waals surface area contributed by atoms with Crippen LogP contribution in [0, 0.1) is 0 Å². The first kappa shape index (κ1) is 10.5. The highest BCUT2D eigenvalue weighted by Crippen LogP contribution is 2.36. The van der Waals surface area contributed by atoms with E-state index in [1.54, 1.807) is 0 Å². The highest BCUT2D eigenvalue weighted by molar-refractivity contribution is 7.25. The predicted octanol–water partition coefficient (Wildman–Crippen LogP) is 2.81. The molecule has 2 heterocycles. The van der Waals surface area contributed by atoms with Crippen LogP contribution in [0.15, 0.2) is 42.5 Å². The van der Waals surface area contributed by atoms with Gasteiger partial charge >= 0.3 is 0 Å². The number of nitrogens with one attached hydrogen (secondary N) is 1. The molecule has 1 aliphatic heterocycles. The minimum Gasteiger partial charge on any atom is -0.319 e. The molecule has 1 aromatic heterocycles. The van der Waals surface area contributed by atoms with Gasteiger partial charge in [-0.15, -0.1) is 11.3 Å². The third-order valence-electron chi connectivity index (χ3n) is 3.83. The van der Waals surface area contributed by atoms with E-state index in [0.29, 0.717) is 0 Å². The molecule has 4 rings (SSSR count). The first-order chi connectivity index (χ1) is 8.76. The van der Waals surface area contributed by atoms with Crippen LogP contribution in [0.2, 0.25) is 0 Å². The maximum absolute atomic E-state index is 6.37. The summed E-state index contributed by atoms with van der Waals surface area (Å²) in [6.07, 6.45) is 0. The molecule has 2 nitrogen and oxygen atoms in total. The van der Waals surface area contributed by atoms with Gasteiger partial charge in [0, 0.05) is 33.3 Å². The lowest BCUT2D eigenvalue weighted by Crippen LogP contribution is -2.62. The molecule has 0 atom stereocenters. The molecule has 18 heavy (non-hydrogen) atoms. The van der Waals surface area contributed by atoms with Crippen molar-refractivity contribution in [2.75, 3.05) is 13.1 Å². The summed E-state index contributed by atoms with van der Waals surface area (Å²) < 4.78 is 2.69. The minimum atomic E-state index is -0.169. The second kappa shape index (κ2) is 3.54. The summed E-state index contributed by atoms with van der Waals surface area (Å²) in [6.45, 7) is 1.75. The van der Waals surface area contributed by atoms with Gasteiger partial charge in [-0.05, 0) is 23.8 Å². The van der Waals surface area contributed by atoms with Crippen LogP contribution < -0.4 is 11.1 Å². The molecule has 0 spiro atoms. The molecule has 1 saturated heterocycles. The van der Waals surface area contributed by atoms with Gasteiger partial charge in [-0.3, -0.25) is 0 Å². The highest BCUT2D eigenvalue weighted by atomic mass is 32.1. The van der Waals surface area contributed by atoms with Crippen molar-refractivity contribution < 1.29 is 0 Å². The number of rotatable bonds is 1. The monoisotopic (exact) mass is 254 g/mol. The van der Waals surface area contributed by atoms with Crippen molar-refractivity contribution in [3.05, 3.63) is 48.0 Å². The van der Waals surface area contributed by atoms with Crippen molar-refractivity contribution >= 4 is 31.5 Å². The first-order valence-corrected chi connectivity index (χ1v) is 6.99. The van der Waals surface area contributed by atoms with E-state index >= 15 is 0 Å². The van der Waals surface area contributed by atoms with Crippen molar-refractivity contribution in [3.8, 4) is 0 Å². The summed E-state index contributed by atoms with van der Waals surface area (Å²) in [7, 11) is 0. The van der Waals surface area contributed by atoms with Gasteiger partial charge in [0.05, 0.1) is 5.54 Å². The summed E-state index contributed by atoms with van der Waals surface area (Å²) in [5.74, 6) is 0. The molecule has 0 bridgehead atoms. The average molecular weight is 254 g/mol. The van der Waals surface area contributed by atoms with E-state index in [2.05, 4.69) is 47.8 Å². The minimum absolute atomic E-state index is 0.169. The molecule has 1 fully saturated rings. The quantitative estimate of drug-likeness (QED) is 0.701. The molecular weight excluding hydrogens is 240 g/mol. The molecule has 90 valence electrons. The van der Waals surface area contributed by atoms with Crippen LogP contribution in [-0.2, 0) is 5.54 Å². The Morgan fingerprint density at radius 1 is 1.00 bits per heavy atom. The van der Waals surface area contributed by atoms with E-state index in [0.717, 1.165) is 13.1 Å². The molecule has 0 radical (unpaired) electrons. The number of hydrogen-bond donors (Lipinski definition) is 2. The Morgan fingerprint density at radius 3 is 2.56 bits per heavy atom. The van der Waals surface area contributed by atoms with Crippen LogP contribution in [0.3, 0.4) is 0 Å². The lowest BCUT2D eigenvalue weighted by Gasteiger charge is -2.39. The van der Waals surface area contributed by atoms with E-state index in [-0.39, 0.29) is 5.54 Å². The number of nitrogens with two attached hydrogens (primary N) is 1. The van der Waals surface area contributed by atoms with Crippen molar-refractivity contribution in [1.29, 1.82) is 0 Å². The molecule has 3 aromatic rings. The summed E-state index contributed by atoms with van der Waals surface area (Å²) in [4.78, 5) is 0. The fourth-order valence-corrected chi connectivity index (χ4v) is 3.72. The zero-order valence-electron chi connectivity index (χ0n) is 9.94. The van der Waals surface area contributed by atoms with Crippen LogP contribution in [0.1, 0.15) is 5.56 Å². The van der Waals surface area contributed by atoms with Gasteiger partial charge in [-0.25, -0.2) is 0 Å². The van der Waals surface area contributed by atoms with Crippen molar-refractivity contribution in [2.45, 2.75) is 5.54 Å². The standard InChI is InChI=1S/C15H14N2S/c16-15(8-17-9-15)10-5-6-14-12(7-10)11-3-1-2-4-13(11)18-14/h1-7,17H,8-9,16H2. The van der Waals surface area contributed by atoms with Crippen molar-refractivity contribution in [1.82, 2.24) is 5.32 Å². The smallest absolute Gasteiger partial charge is 0.0662 e. The number of hydrogen-bond acceptors (Lipinski definition) is 3. The highest BCUT2D eigenvalue weighted by Gasteiger charge is 2.34. The second-order valence-corrected chi connectivity index (χ2v) is 6.15. The van der Waals surface area contributed by atoms with Gasteiger partial charge in [-0.2, -0.15) is 0 Å². The Hall–Kier alpha value is -1.42. The Bertz CT molecular complexity index is 740. The Labute approximate surface area is 109 Å². The van der Waals surface area contributed by atoms with Gasteiger partial charge < -0.3 is 11.1 Å². The summed E-state index contributed by atoms with van der Waals surface area (Å²) >= 11 is 1.85. The van der Waals surface area contributed by atoms with Crippen LogP contribution in [-0.4, -0.2) is 13.1 Å². The van der Waals surface area contributed by atoms with Gasteiger partial charge in [0.2, 0.25) is 0 Å². The van der Waals surface area contributed by atoms with E-state index in [4.69, 9.17) is 5.73 Å². The third-order valence-corrected chi connectivity index (χ3v) is 4.98. The number of benzene rings is 2. The van der Waals surface area contributed by atoms with Gasteiger partial charge in [0.25, 0.3) is 0 Å². The summed E-state index contributed by atoms with van der Waals surface area (Å²) in [6, 6.07) is 15.2. The maximum Gasteiger partial charge on any atom is 0.0662 e. The van der Waals surface area contributed by atoms with Crippen molar-refractivity contribution in [2.24, 2.45) is 5.73 Å². The first-order valence-electron chi connectivity index (χ1n) is 6.18. The Balaban J connectivity index is 2.01. The fourth-order valence-electron chi connectivity index (χ4n) is 2.63. The van der Waals surface area contributed by atoms with Crippen LogP contribution in [0.4, 0.5) is 0 Å². The molecule has 3 heteroatoms. The zero-order chi connectivity index (χ0) is 12.2. The van der Waals surface area contributed by atoms with Crippen LogP contribution >= 0.6 is 11.3 Å². The third kappa shape index (κ3) is 1.35. The molecule has 2 aromatic carbocycles. The molecule has 0 saturated carbocycles. The maximum atomic E-state index is 6.37. The molecule has 0 unspecified atom stereocenters. The Morgan fingerprint density at radius 2 is 1.78 bits per heavy atom. The van der Waals surface area contributed by atoms with Gasteiger partial charge in [0.15, 0.2) is 0 Å². The van der Waals surface area contributed by atoms with E-state index in [1.165, 1.54) is 25.7 Å². The van der Waals surface area contributed by atoms with Crippen LogP contribution in [0.25, 0.3) is 20.2 Å². The number of fused-ring (bicyclic) bond motifs is 3. The number of thiophene rings is 1. The molecule has 1 aliphatic rings. The van der Waals surface area contributed by atoms with Gasteiger partial charge in [0.1, 0.15) is 0 Å². The molecule has 3 N–H and O–H groups in total. The SMILES string of the molecule is NC1(c2ccc3sc4ccccc4c3c2)CNC1. The Kier molecular flexibility index (Phi) is 2.07. The summed E-state index contributed by atoms with van der Waals surface area (Å²) in [5.41, 5.74) is 7.45. The molecular formula is C15H14N2S. The van der Waals surface area contributed by atoms with E-state index < -0.39 is 0 Å². The normalized spacial score (nSPS) is 18.1. The van der Waals surface area contributed by atoms with Gasteiger partial charge in [-0.1, -0.05) is 24.3 Å². The average Bonchev–Trinajstić information content (AvgIpc) is 2.73. The molecule has 0 amide bonds. The van der Waals surface area contributed by atoms with Crippen LogP contribution in [0.5, 0.6) is 0 Å². The lowest BCUT2D eigenvalue weighted by atomic mass is 9.85. The van der Waals surface area contributed by atoms with Crippen molar-refractivity contribution in [3.63, 3.8) is 0 Å². The largest absolute Gasteiger partial charge is 0.319 e. The fraction of sp³-hybridized carbons (Fsp3) is 0.200. The molecule has 0 aliphatic carbocycles. The zero-order valence-corrected chi connectivity index (χ0v) is 10.8. The van der Waals surface area contributed by atoms with E-state index in [9.17, 15) is 0 Å². The lowest BCUT2D eigenvalue weighted by molar-refractivity contribution is 0.287.